The van der Waals surface area contributed by atoms with Gasteiger partial charge in [0.1, 0.15) is 0 Å². The molecule has 0 saturated heterocycles. The number of rotatable bonds is 6. The van der Waals surface area contributed by atoms with Crippen LogP contribution in [0.4, 0.5) is 0 Å². The van der Waals surface area contributed by atoms with Crippen LogP contribution in [0.5, 0.6) is 0 Å². The number of carbonyl (C=O) groups is 2. The maximum atomic E-state index is 11.7. The molecule has 5 heteroatoms. The topological polar surface area (TPSA) is 52.6 Å². The highest BCUT2D eigenvalue weighted by Crippen LogP contribution is 2.31. The van der Waals surface area contributed by atoms with E-state index < -0.39 is 17.4 Å². The third-order valence-electron chi connectivity index (χ3n) is 2.00. The van der Waals surface area contributed by atoms with Crippen LogP contribution in [0.3, 0.4) is 0 Å². The lowest BCUT2D eigenvalue weighted by atomic mass is 9.87. The van der Waals surface area contributed by atoms with Crippen LogP contribution in [0.15, 0.2) is 11.1 Å². The van der Waals surface area contributed by atoms with Crippen molar-refractivity contribution in [2.75, 3.05) is 13.2 Å². The molecule has 0 heterocycles. The zero-order valence-electron chi connectivity index (χ0n) is 9.84. The lowest BCUT2D eigenvalue weighted by molar-refractivity contribution is -0.170. The van der Waals surface area contributed by atoms with Crippen molar-refractivity contribution in [3.8, 4) is 0 Å². The van der Waals surface area contributed by atoms with E-state index >= 15 is 0 Å². The van der Waals surface area contributed by atoms with Gasteiger partial charge < -0.3 is 9.47 Å². The fourth-order valence-electron chi connectivity index (χ4n) is 1.19. The number of allylic oxidation sites excluding steroid dienone is 1. The minimum Gasteiger partial charge on any atom is -0.465 e. The standard InChI is InChI=1S/C11H17BrO4/c1-5-15-9(13)11(4,7-8(3)12)10(14)16-6-2/h3,5-7H2,1-2,4H3. The van der Waals surface area contributed by atoms with Gasteiger partial charge in [0.25, 0.3) is 0 Å². The van der Waals surface area contributed by atoms with E-state index in [4.69, 9.17) is 9.47 Å². The average molecular weight is 293 g/mol. The zero-order chi connectivity index (χ0) is 12.8. The van der Waals surface area contributed by atoms with Crippen LogP contribution in [-0.4, -0.2) is 25.2 Å². The molecule has 0 atom stereocenters. The van der Waals surface area contributed by atoms with Crippen molar-refractivity contribution in [1.29, 1.82) is 0 Å². The highest BCUT2D eigenvalue weighted by molar-refractivity contribution is 9.11. The number of ether oxygens (including phenoxy) is 2. The van der Waals surface area contributed by atoms with Crippen LogP contribution in [-0.2, 0) is 19.1 Å². The first-order valence-electron chi connectivity index (χ1n) is 5.06. The van der Waals surface area contributed by atoms with Crippen molar-refractivity contribution in [3.05, 3.63) is 11.1 Å². The summed E-state index contributed by atoms with van der Waals surface area (Å²) in [6.45, 7) is 8.95. The van der Waals surface area contributed by atoms with Gasteiger partial charge in [-0.25, -0.2) is 0 Å². The Hall–Kier alpha value is -0.840. The second-order valence-electron chi connectivity index (χ2n) is 3.47. The second-order valence-corrected chi connectivity index (χ2v) is 4.59. The van der Waals surface area contributed by atoms with Crippen molar-refractivity contribution in [3.63, 3.8) is 0 Å². The molecule has 0 fully saturated rings. The Morgan fingerprint density at radius 1 is 1.19 bits per heavy atom. The van der Waals surface area contributed by atoms with Crippen molar-refractivity contribution < 1.29 is 19.1 Å². The third-order valence-corrected chi connectivity index (χ3v) is 2.28. The van der Waals surface area contributed by atoms with Gasteiger partial charge in [-0.15, -0.1) is 0 Å². The quantitative estimate of drug-likeness (QED) is 0.557. The molecule has 4 nitrogen and oxygen atoms in total. The van der Waals surface area contributed by atoms with Crippen LogP contribution in [0.25, 0.3) is 0 Å². The predicted octanol–water partition coefficient (Wildman–Crippen LogP) is 2.42. The lowest BCUT2D eigenvalue weighted by Gasteiger charge is -2.24. The Labute approximate surface area is 104 Å². The van der Waals surface area contributed by atoms with Crippen LogP contribution in [0.2, 0.25) is 0 Å². The van der Waals surface area contributed by atoms with Gasteiger partial charge >= 0.3 is 11.9 Å². The Morgan fingerprint density at radius 2 is 1.56 bits per heavy atom. The van der Waals surface area contributed by atoms with Crippen LogP contribution in [0, 0.1) is 5.41 Å². The Bertz CT molecular complexity index is 268. The summed E-state index contributed by atoms with van der Waals surface area (Å²) in [6, 6.07) is 0. The van der Waals surface area contributed by atoms with E-state index in [2.05, 4.69) is 22.5 Å². The summed E-state index contributed by atoms with van der Waals surface area (Å²) in [7, 11) is 0. The molecule has 92 valence electrons. The molecule has 0 aliphatic heterocycles. The average Bonchev–Trinajstić information content (AvgIpc) is 2.17. The highest BCUT2D eigenvalue weighted by atomic mass is 79.9. The Kier molecular flexibility index (Phi) is 6.33. The monoisotopic (exact) mass is 292 g/mol. The van der Waals surface area contributed by atoms with Crippen molar-refractivity contribution in [2.24, 2.45) is 5.41 Å². The van der Waals surface area contributed by atoms with Crippen LogP contribution < -0.4 is 0 Å². The van der Waals surface area contributed by atoms with Gasteiger partial charge in [0, 0.05) is 6.42 Å². The van der Waals surface area contributed by atoms with Gasteiger partial charge in [-0.2, -0.15) is 0 Å². The molecule has 0 aromatic heterocycles. The van der Waals surface area contributed by atoms with E-state index in [0.29, 0.717) is 4.48 Å². The summed E-state index contributed by atoms with van der Waals surface area (Å²) >= 11 is 3.14. The van der Waals surface area contributed by atoms with Gasteiger partial charge in [0.15, 0.2) is 5.41 Å². The molecule has 0 unspecified atom stereocenters. The molecule has 0 radical (unpaired) electrons. The molecule has 0 aliphatic rings. The summed E-state index contributed by atoms with van der Waals surface area (Å²) in [6.07, 6.45) is 0.157. The molecule has 0 N–H and O–H groups in total. The van der Waals surface area contributed by atoms with E-state index in [1.165, 1.54) is 6.92 Å². The predicted molar refractivity (Wildman–Crippen MR) is 64.1 cm³/mol. The largest absolute Gasteiger partial charge is 0.465 e. The van der Waals surface area contributed by atoms with Crippen molar-refractivity contribution in [2.45, 2.75) is 27.2 Å². The van der Waals surface area contributed by atoms with Crippen molar-refractivity contribution in [1.82, 2.24) is 0 Å². The fourth-order valence-corrected chi connectivity index (χ4v) is 1.75. The maximum Gasteiger partial charge on any atom is 0.323 e. The van der Waals surface area contributed by atoms with Gasteiger partial charge in [-0.3, -0.25) is 9.59 Å². The maximum absolute atomic E-state index is 11.7. The van der Waals surface area contributed by atoms with Gasteiger partial charge in [-0.05, 0) is 25.3 Å². The number of halogens is 1. The van der Waals surface area contributed by atoms with E-state index in [1.807, 2.05) is 0 Å². The lowest BCUT2D eigenvalue weighted by Crippen LogP contribution is -2.39. The van der Waals surface area contributed by atoms with E-state index in [9.17, 15) is 9.59 Å². The molecule has 0 aliphatic carbocycles. The molecule has 0 rings (SSSR count). The summed E-state index contributed by atoms with van der Waals surface area (Å²) < 4.78 is 10.3. The van der Waals surface area contributed by atoms with Crippen LogP contribution in [0.1, 0.15) is 27.2 Å². The van der Waals surface area contributed by atoms with Gasteiger partial charge in [-0.1, -0.05) is 22.5 Å². The zero-order valence-corrected chi connectivity index (χ0v) is 11.4. The molecule has 0 aromatic rings. The van der Waals surface area contributed by atoms with E-state index in [-0.39, 0.29) is 19.6 Å². The molecule has 0 bridgehead atoms. The number of esters is 2. The first-order valence-corrected chi connectivity index (χ1v) is 5.85. The molecule has 16 heavy (non-hydrogen) atoms. The van der Waals surface area contributed by atoms with Gasteiger partial charge in [0.05, 0.1) is 13.2 Å². The summed E-state index contributed by atoms with van der Waals surface area (Å²) in [4.78, 5) is 23.5. The third kappa shape index (κ3) is 3.96. The molecule has 0 saturated carbocycles. The van der Waals surface area contributed by atoms with Gasteiger partial charge in [0.2, 0.25) is 0 Å². The minimum absolute atomic E-state index is 0.157. The van der Waals surface area contributed by atoms with E-state index in [0.717, 1.165) is 0 Å². The Morgan fingerprint density at radius 3 is 1.81 bits per heavy atom. The second kappa shape index (κ2) is 6.68. The van der Waals surface area contributed by atoms with E-state index in [1.54, 1.807) is 13.8 Å². The molecular weight excluding hydrogens is 276 g/mol. The minimum atomic E-state index is -1.33. The highest BCUT2D eigenvalue weighted by Gasteiger charge is 2.44. The first kappa shape index (κ1) is 15.2. The fraction of sp³-hybridized carbons (Fsp3) is 0.636. The Balaban J connectivity index is 4.93. The van der Waals surface area contributed by atoms with Crippen molar-refractivity contribution >= 4 is 27.9 Å². The molecular formula is C11H17BrO4. The van der Waals surface area contributed by atoms with Crippen LogP contribution >= 0.6 is 15.9 Å². The summed E-state index contributed by atoms with van der Waals surface area (Å²) in [5, 5.41) is 0. The summed E-state index contributed by atoms with van der Waals surface area (Å²) in [5.74, 6) is -1.18. The smallest absolute Gasteiger partial charge is 0.323 e. The molecule has 0 spiro atoms. The number of hydrogen-bond acceptors (Lipinski definition) is 4. The molecule has 0 amide bonds. The number of carbonyl (C=O) groups excluding carboxylic acids is 2. The number of hydrogen-bond donors (Lipinski definition) is 0. The SMILES string of the molecule is C=C(Br)CC(C)(C(=O)OCC)C(=O)OCC. The summed E-state index contributed by atoms with van der Waals surface area (Å²) in [5.41, 5.74) is -1.33. The molecule has 0 aromatic carbocycles. The first-order chi connectivity index (χ1) is 7.38. The normalized spacial score (nSPS) is 10.8.